The molecule has 1 aliphatic rings. The molecule has 0 radical (unpaired) electrons. The number of carbonyl (C=O) groups is 1. The maximum Gasteiger partial charge on any atom is 0.249 e. The molecule has 4 nitrogen and oxygen atoms in total. The van der Waals surface area contributed by atoms with Crippen molar-refractivity contribution in [2.45, 2.75) is 38.3 Å². The monoisotopic (exact) mass is 182 g/mol. The van der Waals surface area contributed by atoms with E-state index in [9.17, 15) is 4.79 Å². The molecule has 0 bridgehead atoms. The van der Waals surface area contributed by atoms with Gasteiger partial charge >= 0.3 is 0 Å². The SMILES string of the molecule is CC(CC#N)NC(=O)[C@H]1CCCO1. The largest absolute Gasteiger partial charge is 0.368 e. The van der Waals surface area contributed by atoms with Crippen molar-refractivity contribution in [1.82, 2.24) is 5.32 Å². The van der Waals surface area contributed by atoms with E-state index in [-0.39, 0.29) is 18.1 Å². The summed E-state index contributed by atoms with van der Waals surface area (Å²) in [5, 5.41) is 11.1. The van der Waals surface area contributed by atoms with Gasteiger partial charge in [0, 0.05) is 12.6 Å². The molecule has 0 aromatic heterocycles. The molecule has 0 saturated carbocycles. The fourth-order valence-corrected chi connectivity index (χ4v) is 1.31. The third kappa shape index (κ3) is 3.03. The molecule has 72 valence electrons. The summed E-state index contributed by atoms with van der Waals surface area (Å²) in [5.41, 5.74) is 0. The van der Waals surface area contributed by atoms with Crippen molar-refractivity contribution >= 4 is 5.91 Å². The maximum absolute atomic E-state index is 11.4. The van der Waals surface area contributed by atoms with Crippen LogP contribution in [-0.4, -0.2) is 24.7 Å². The zero-order valence-electron chi connectivity index (χ0n) is 7.75. The Morgan fingerprint density at radius 1 is 1.85 bits per heavy atom. The quantitative estimate of drug-likeness (QED) is 0.694. The number of hydrogen-bond donors (Lipinski definition) is 1. The summed E-state index contributed by atoms with van der Waals surface area (Å²) in [6.07, 6.45) is 1.80. The van der Waals surface area contributed by atoms with Gasteiger partial charge in [0.15, 0.2) is 0 Å². The Morgan fingerprint density at radius 2 is 2.62 bits per heavy atom. The van der Waals surface area contributed by atoms with E-state index in [1.807, 2.05) is 13.0 Å². The van der Waals surface area contributed by atoms with E-state index in [2.05, 4.69) is 5.32 Å². The van der Waals surface area contributed by atoms with E-state index in [1.54, 1.807) is 0 Å². The Bertz CT molecular complexity index is 216. The van der Waals surface area contributed by atoms with Crippen molar-refractivity contribution in [3.8, 4) is 6.07 Å². The molecule has 1 rings (SSSR count). The molecule has 0 aromatic rings. The van der Waals surface area contributed by atoms with E-state index in [1.165, 1.54) is 0 Å². The lowest BCUT2D eigenvalue weighted by Gasteiger charge is -2.13. The van der Waals surface area contributed by atoms with Crippen LogP contribution in [-0.2, 0) is 9.53 Å². The smallest absolute Gasteiger partial charge is 0.249 e. The number of amides is 1. The summed E-state index contributed by atoms with van der Waals surface area (Å²) in [6, 6.07) is 1.93. The van der Waals surface area contributed by atoms with Gasteiger partial charge in [-0.25, -0.2) is 0 Å². The molecule has 1 aliphatic heterocycles. The van der Waals surface area contributed by atoms with Crippen LogP contribution in [0.1, 0.15) is 26.2 Å². The summed E-state index contributed by atoms with van der Waals surface area (Å²) < 4.78 is 5.20. The third-order valence-corrected chi connectivity index (χ3v) is 2.01. The molecule has 1 heterocycles. The number of rotatable bonds is 3. The van der Waals surface area contributed by atoms with E-state index >= 15 is 0 Å². The summed E-state index contributed by atoms with van der Waals surface area (Å²) in [5.74, 6) is -0.0831. The molecule has 1 unspecified atom stereocenters. The maximum atomic E-state index is 11.4. The minimum Gasteiger partial charge on any atom is -0.368 e. The highest BCUT2D eigenvalue weighted by molar-refractivity contribution is 5.81. The van der Waals surface area contributed by atoms with Crippen molar-refractivity contribution in [1.29, 1.82) is 5.26 Å². The molecule has 1 fully saturated rings. The van der Waals surface area contributed by atoms with Gasteiger partial charge in [0.05, 0.1) is 12.5 Å². The zero-order chi connectivity index (χ0) is 9.68. The van der Waals surface area contributed by atoms with E-state index < -0.39 is 0 Å². The van der Waals surface area contributed by atoms with Crippen molar-refractivity contribution in [2.75, 3.05) is 6.61 Å². The second-order valence-corrected chi connectivity index (χ2v) is 3.27. The van der Waals surface area contributed by atoms with Crippen LogP contribution < -0.4 is 5.32 Å². The minimum atomic E-state index is -0.291. The van der Waals surface area contributed by atoms with E-state index in [0.717, 1.165) is 12.8 Å². The fourth-order valence-electron chi connectivity index (χ4n) is 1.31. The lowest BCUT2D eigenvalue weighted by Crippen LogP contribution is -2.39. The van der Waals surface area contributed by atoms with Crippen LogP contribution in [0.15, 0.2) is 0 Å². The summed E-state index contributed by atoms with van der Waals surface area (Å²) in [4.78, 5) is 11.4. The number of ether oxygens (including phenoxy) is 1. The van der Waals surface area contributed by atoms with E-state index in [4.69, 9.17) is 10.00 Å². The van der Waals surface area contributed by atoms with Gasteiger partial charge < -0.3 is 10.1 Å². The van der Waals surface area contributed by atoms with E-state index in [0.29, 0.717) is 13.0 Å². The molecular formula is C9H14N2O2. The van der Waals surface area contributed by atoms with Crippen LogP contribution in [0.2, 0.25) is 0 Å². The average molecular weight is 182 g/mol. The highest BCUT2D eigenvalue weighted by Gasteiger charge is 2.24. The molecule has 1 N–H and O–H groups in total. The van der Waals surface area contributed by atoms with Crippen LogP contribution in [0.3, 0.4) is 0 Å². The molecule has 4 heteroatoms. The normalized spacial score (nSPS) is 23.5. The Balaban J connectivity index is 2.28. The summed E-state index contributed by atoms with van der Waals surface area (Å²) >= 11 is 0. The molecule has 2 atom stereocenters. The van der Waals surface area contributed by atoms with Gasteiger partial charge in [0.25, 0.3) is 0 Å². The number of carbonyl (C=O) groups excluding carboxylic acids is 1. The van der Waals surface area contributed by atoms with Gasteiger partial charge in [-0.2, -0.15) is 5.26 Å². The molecule has 0 spiro atoms. The topological polar surface area (TPSA) is 62.1 Å². The van der Waals surface area contributed by atoms with Crippen molar-refractivity contribution in [3.05, 3.63) is 0 Å². The Hall–Kier alpha value is -1.08. The van der Waals surface area contributed by atoms with Crippen LogP contribution >= 0.6 is 0 Å². The van der Waals surface area contributed by atoms with Crippen LogP contribution in [0.25, 0.3) is 0 Å². The highest BCUT2D eigenvalue weighted by Crippen LogP contribution is 2.11. The molecule has 13 heavy (non-hydrogen) atoms. The fraction of sp³-hybridized carbons (Fsp3) is 0.778. The first-order valence-corrected chi connectivity index (χ1v) is 4.53. The molecule has 1 saturated heterocycles. The first-order chi connectivity index (χ1) is 6.24. The van der Waals surface area contributed by atoms with Crippen LogP contribution in [0.5, 0.6) is 0 Å². The molecule has 0 aliphatic carbocycles. The zero-order valence-corrected chi connectivity index (χ0v) is 7.75. The molecular weight excluding hydrogens is 168 g/mol. The predicted molar refractivity (Wildman–Crippen MR) is 46.8 cm³/mol. The van der Waals surface area contributed by atoms with Gasteiger partial charge in [0.1, 0.15) is 6.10 Å². The lowest BCUT2D eigenvalue weighted by molar-refractivity contribution is -0.130. The van der Waals surface area contributed by atoms with Gasteiger partial charge in [-0.1, -0.05) is 0 Å². The number of nitrogens with zero attached hydrogens (tertiary/aromatic N) is 1. The number of nitriles is 1. The Kier molecular flexibility index (Phi) is 3.71. The second-order valence-electron chi connectivity index (χ2n) is 3.27. The van der Waals surface area contributed by atoms with Crippen molar-refractivity contribution in [2.24, 2.45) is 0 Å². The van der Waals surface area contributed by atoms with Gasteiger partial charge in [0.2, 0.25) is 5.91 Å². The van der Waals surface area contributed by atoms with Crippen LogP contribution in [0, 0.1) is 11.3 Å². The first kappa shape index (κ1) is 10.0. The highest BCUT2D eigenvalue weighted by atomic mass is 16.5. The Morgan fingerprint density at radius 3 is 3.15 bits per heavy atom. The third-order valence-electron chi connectivity index (χ3n) is 2.01. The first-order valence-electron chi connectivity index (χ1n) is 4.53. The standard InChI is InChI=1S/C9H14N2O2/c1-7(4-5-10)11-9(12)8-3-2-6-13-8/h7-8H,2-4,6H2,1H3,(H,11,12)/t7?,8-/m1/s1. The van der Waals surface area contributed by atoms with Gasteiger partial charge in [-0.05, 0) is 19.8 Å². The van der Waals surface area contributed by atoms with Crippen molar-refractivity contribution in [3.63, 3.8) is 0 Å². The predicted octanol–water partition coefficient (Wildman–Crippen LogP) is 0.584. The number of nitrogens with one attached hydrogen (secondary N) is 1. The van der Waals surface area contributed by atoms with Gasteiger partial charge in [-0.3, -0.25) is 4.79 Å². The molecule has 0 aromatic carbocycles. The lowest BCUT2D eigenvalue weighted by atomic mass is 10.2. The summed E-state index contributed by atoms with van der Waals surface area (Å²) in [7, 11) is 0. The summed E-state index contributed by atoms with van der Waals surface area (Å²) in [6.45, 7) is 2.49. The average Bonchev–Trinajstić information content (AvgIpc) is 2.55. The number of hydrogen-bond acceptors (Lipinski definition) is 3. The second kappa shape index (κ2) is 4.83. The minimum absolute atomic E-state index is 0.0818. The van der Waals surface area contributed by atoms with Crippen LogP contribution in [0.4, 0.5) is 0 Å². The Labute approximate surface area is 77.9 Å². The molecule has 1 amide bonds. The van der Waals surface area contributed by atoms with Gasteiger partial charge in [-0.15, -0.1) is 0 Å². The van der Waals surface area contributed by atoms with Crippen molar-refractivity contribution < 1.29 is 9.53 Å².